The maximum atomic E-state index is 12.3. The second-order valence-corrected chi connectivity index (χ2v) is 6.91. The molecule has 1 aromatic carbocycles. The molecule has 1 fully saturated rings. The fourth-order valence-electron chi connectivity index (χ4n) is 3.34. The minimum Gasteiger partial charge on any atom is -0.490 e. The van der Waals surface area contributed by atoms with Crippen LogP contribution < -0.4 is 10.1 Å². The average Bonchev–Trinajstić information content (AvgIpc) is 2.69. The summed E-state index contributed by atoms with van der Waals surface area (Å²) in [4.78, 5) is 12.3. The molecule has 1 N–H and O–H groups in total. The summed E-state index contributed by atoms with van der Waals surface area (Å²) < 4.78 is 6.10. The van der Waals surface area contributed by atoms with Crippen molar-refractivity contribution in [2.75, 3.05) is 0 Å². The van der Waals surface area contributed by atoms with Crippen molar-refractivity contribution >= 4 is 5.91 Å². The van der Waals surface area contributed by atoms with Crippen molar-refractivity contribution in [2.45, 2.75) is 58.1 Å². The van der Waals surface area contributed by atoms with E-state index in [0.717, 1.165) is 49.1 Å². The van der Waals surface area contributed by atoms with Crippen LogP contribution in [-0.2, 0) is 6.42 Å². The van der Waals surface area contributed by atoms with Gasteiger partial charge in [0.1, 0.15) is 5.75 Å². The van der Waals surface area contributed by atoms with Gasteiger partial charge in [0.15, 0.2) is 5.69 Å². The van der Waals surface area contributed by atoms with E-state index in [2.05, 4.69) is 21.6 Å². The summed E-state index contributed by atoms with van der Waals surface area (Å²) >= 11 is 0. The third-order valence-electron chi connectivity index (χ3n) is 4.92. The van der Waals surface area contributed by atoms with E-state index in [0.29, 0.717) is 11.3 Å². The van der Waals surface area contributed by atoms with E-state index >= 15 is 0 Å². The topological polar surface area (TPSA) is 87.9 Å². The fourth-order valence-corrected chi connectivity index (χ4v) is 3.34. The van der Waals surface area contributed by atoms with Gasteiger partial charge in [-0.3, -0.25) is 4.79 Å². The Kier molecular flexibility index (Phi) is 6.02. The Balaban J connectivity index is 1.51. The number of aryl methyl sites for hydroxylation is 2. The predicted molar refractivity (Wildman–Crippen MR) is 101 cm³/mol. The largest absolute Gasteiger partial charge is 0.490 e. The maximum absolute atomic E-state index is 12.3. The number of hydrogen-bond acceptors (Lipinski definition) is 5. The number of ether oxygens (including phenoxy) is 1. The van der Waals surface area contributed by atoms with Crippen molar-refractivity contribution in [3.63, 3.8) is 0 Å². The Bertz CT molecular complexity index is 834. The van der Waals surface area contributed by atoms with Gasteiger partial charge >= 0.3 is 0 Å². The molecule has 1 saturated carbocycles. The molecule has 0 unspecified atom stereocenters. The summed E-state index contributed by atoms with van der Waals surface area (Å²) in [5, 5.41) is 20.0. The monoisotopic (exact) mass is 364 g/mol. The highest BCUT2D eigenvalue weighted by Crippen LogP contribution is 2.26. The molecule has 140 valence electrons. The molecule has 27 heavy (non-hydrogen) atoms. The van der Waals surface area contributed by atoms with Crippen molar-refractivity contribution in [3.8, 4) is 11.8 Å². The predicted octanol–water partition coefficient (Wildman–Crippen LogP) is 3.34. The smallest absolute Gasteiger partial charge is 0.272 e. The number of nitriles is 1. The Labute approximate surface area is 159 Å². The lowest BCUT2D eigenvalue weighted by Crippen LogP contribution is -2.40. The van der Waals surface area contributed by atoms with Gasteiger partial charge in [-0.1, -0.05) is 6.92 Å². The molecule has 2 aromatic rings. The van der Waals surface area contributed by atoms with Crippen LogP contribution in [0.2, 0.25) is 0 Å². The standard InChI is InChI=1S/C21H24N4O2/c1-3-15-12-19(8-5-16(15)13-22)27-18-9-6-17(7-10-18)23-21(26)20-11-4-14(2)24-25-20/h4-5,8,11-12,17-18H,3,6-7,9-10H2,1-2H3,(H,23,26)/t17-,18-. The molecular formula is C21H24N4O2. The SMILES string of the molecule is CCc1cc(O[C@H]2CC[C@H](NC(=O)c3ccc(C)nn3)CC2)ccc1C#N. The molecule has 0 radical (unpaired) electrons. The van der Waals surface area contributed by atoms with Crippen molar-refractivity contribution < 1.29 is 9.53 Å². The van der Waals surface area contributed by atoms with Crippen LogP contribution in [0.15, 0.2) is 30.3 Å². The summed E-state index contributed by atoms with van der Waals surface area (Å²) in [7, 11) is 0. The van der Waals surface area contributed by atoms with Crippen LogP contribution in [0, 0.1) is 18.3 Å². The van der Waals surface area contributed by atoms with Gasteiger partial charge in [0.05, 0.1) is 23.4 Å². The fraction of sp³-hybridized carbons (Fsp3) is 0.429. The molecule has 3 rings (SSSR count). The molecule has 0 saturated heterocycles. The van der Waals surface area contributed by atoms with Gasteiger partial charge < -0.3 is 10.1 Å². The maximum Gasteiger partial charge on any atom is 0.272 e. The second-order valence-electron chi connectivity index (χ2n) is 6.91. The summed E-state index contributed by atoms with van der Waals surface area (Å²) in [5.41, 5.74) is 2.85. The molecule has 0 atom stereocenters. The second kappa shape index (κ2) is 8.63. The number of benzene rings is 1. The van der Waals surface area contributed by atoms with Crippen LogP contribution in [0.25, 0.3) is 0 Å². The highest BCUT2D eigenvalue weighted by atomic mass is 16.5. The van der Waals surface area contributed by atoms with Crippen molar-refractivity contribution in [2.24, 2.45) is 0 Å². The van der Waals surface area contributed by atoms with Crippen LogP contribution in [0.5, 0.6) is 5.75 Å². The number of carbonyl (C=O) groups excluding carboxylic acids is 1. The summed E-state index contributed by atoms with van der Waals surface area (Å²) in [6.07, 6.45) is 4.44. The quantitative estimate of drug-likeness (QED) is 0.879. The lowest BCUT2D eigenvalue weighted by atomic mass is 9.92. The normalized spacial score (nSPS) is 19.1. The average molecular weight is 364 g/mol. The number of nitrogens with zero attached hydrogens (tertiary/aromatic N) is 3. The van der Waals surface area contributed by atoms with E-state index in [-0.39, 0.29) is 18.1 Å². The van der Waals surface area contributed by atoms with Gasteiger partial charge in [0.25, 0.3) is 5.91 Å². The molecule has 6 heteroatoms. The Morgan fingerprint density at radius 3 is 2.63 bits per heavy atom. The van der Waals surface area contributed by atoms with Crippen LogP contribution in [-0.4, -0.2) is 28.3 Å². The molecule has 0 bridgehead atoms. The Hall–Kier alpha value is -2.94. The van der Waals surface area contributed by atoms with E-state index < -0.39 is 0 Å². The first-order valence-electron chi connectivity index (χ1n) is 9.40. The summed E-state index contributed by atoms with van der Waals surface area (Å²) in [5.74, 6) is 0.639. The lowest BCUT2D eigenvalue weighted by molar-refractivity contribution is 0.0888. The van der Waals surface area contributed by atoms with E-state index in [4.69, 9.17) is 10.00 Å². The molecule has 1 aromatic heterocycles. The first-order chi connectivity index (χ1) is 13.1. The molecule has 6 nitrogen and oxygen atoms in total. The first kappa shape index (κ1) is 18.8. The van der Waals surface area contributed by atoms with Crippen LogP contribution in [0.4, 0.5) is 0 Å². The van der Waals surface area contributed by atoms with Gasteiger partial charge in [-0.25, -0.2) is 0 Å². The van der Waals surface area contributed by atoms with Crippen molar-refractivity contribution in [1.82, 2.24) is 15.5 Å². The minimum atomic E-state index is -0.174. The van der Waals surface area contributed by atoms with E-state index in [9.17, 15) is 4.79 Å². The van der Waals surface area contributed by atoms with Crippen LogP contribution in [0.3, 0.4) is 0 Å². The molecule has 0 aliphatic heterocycles. The third kappa shape index (κ3) is 4.82. The van der Waals surface area contributed by atoms with Crippen molar-refractivity contribution in [3.05, 3.63) is 52.8 Å². The van der Waals surface area contributed by atoms with Gasteiger partial charge in [-0.15, -0.1) is 5.10 Å². The van der Waals surface area contributed by atoms with E-state index in [1.807, 2.05) is 32.0 Å². The Morgan fingerprint density at radius 1 is 1.22 bits per heavy atom. The number of hydrogen-bond donors (Lipinski definition) is 1. The highest BCUT2D eigenvalue weighted by Gasteiger charge is 2.24. The number of carbonyl (C=O) groups is 1. The molecule has 1 amide bonds. The zero-order chi connectivity index (χ0) is 19.2. The van der Waals surface area contributed by atoms with E-state index in [1.165, 1.54) is 0 Å². The lowest BCUT2D eigenvalue weighted by Gasteiger charge is -2.29. The van der Waals surface area contributed by atoms with Crippen LogP contribution in [0.1, 0.15) is 59.9 Å². The molecular weight excluding hydrogens is 340 g/mol. The molecule has 0 spiro atoms. The summed E-state index contributed by atoms with van der Waals surface area (Å²) in [6, 6.07) is 11.5. The van der Waals surface area contributed by atoms with E-state index in [1.54, 1.807) is 12.1 Å². The Morgan fingerprint density at radius 2 is 2.00 bits per heavy atom. The van der Waals surface area contributed by atoms with Gasteiger partial charge in [0.2, 0.25) is 0 Å². The summed E-state index contributed by atoms with van der Waals surface area (Å²) in [6.45, 7) is 3.87. The minimum absolute atomic E-state index is 0.132. The number of amides is 1. The van der Waals surface area contributed by atoms with Crippen molar-refractivity contribution in [1.29, 1.82) is 5.26 Å². The third-order valence-corrected chi connectivity index (χ3v) is 4.92. The molecule has 1 aliphatic rings. The number of rotatable bonds is 5. The van der Waals surface area contributed by atoms with Gasteiger partial charge in [-0.2, -0.15) is 10.4 Å². The zero-order valence-corrected chi connectivity index (χ0v) is 15.7. The highest BCUT2D eigenvalue weighted by molar-refractivity contribution is 5.92. The van der Waals surface area contributed by atoms with Gasteiger partial charge in [-0.05, 0) is 74.9 Å². The zero-order valence-electron chi connectivity index (χ0n) is 15.7. The van der Waals surface area contributed by atoms with Gasteiger partial charge in [0, 0.05) is 6.04 Å². The number of aromatic nitrogens is 2. The van der Waals surface area contributed by atoms with Crippen LogP contribution >= 0.6 is 0 Å². The molecule has 1 heterocycles. The molecule has 1 aliphatic carbocycles. The number of nitrogens with one attached hydrogen (secondary N) is 1. The first-order valence-corrected chi connectivity index (χ1v) is 9.40.